The normalized spacial score (nSPS) is 11.5. The number of rotatable bonds is 3. The molecular formula is C20H22N2O2. The van der Waals surface area contributed by atoms with Crippen LogP contribution in [0.2, 0.25) is 0 Å². The van der Waals surface area contributed by atoms with E-state index < -0.39 is 5.60 Å². The van der Waals surface area contributed by atoms with Crippen molar-refractivity contribution in [2.75, 3.05) is 5.01 Å². The summed E-state index contributed by atoms with van der Waals surface area (Å²) in [6, 6.07) is 18.2. The minimum Gasteiger partial charge on any atom is -0.442 e. The average Bonchev–Trinajstić information content (AvgIpc) is 3.04. The smallest absolute Gasteiger partial charge is 0.429 e. The van der Waals surface area contributed by atoms with Gasteiger partial charge in [0.15, 0.2) is 0 Å². The van der Waals surface area contributed by atoms with Crippen LogP contribution in [0.25, 0.3) is 10.8 Å². The quantitative estimate of drug-likeness (QED) is 0.699. The van der Waals surface area contributed by atoms with E-state index in [4.69, 9.17) is 4.74 Å². The topological polar surface area (TPSA) is 34.5 Å². The van der Waals surface area contributed by atoms with Crippen molar-refractivity contribution in [1.82, 2.24) is 4.68 Å². The van der Waals surface area contributed by atoms with Crippen LogP contribution in [0.1, 0.15) is 26.3 Å². The van der Waals surface area contributed by atoms with E-state index in [-0.39, 0.29) is 6.09 Å². The number of ether oxygens (including phenoxy) is 1. The molecule has 0 aliphatic carbocycles. The van der Waals surface area contributed by atoms with Crippen molar-refractivity contribution in [3.8, 4) is 0 Å². The fourth-order valence-corrected chi connectivity index (χ4v) is 2.55. The summed E-state index contributed by atoms with van der Waals surface area (Å²) in [5.74, 6) is 0. The predicted molar refractivity (Wildman–Crippen MR) is 96.5 cm³/mol. The number of benzene rings is 2. The van der Waals surface area contributed by atoms with Crippen molar-refractivity contribution >= 4 is 16.9 Å². The minimum absolute atomic E-state index is 0.369. The molecule has 0 unspecified atom stereocenters. The molecule has 4 nitrogen and oxygen atoms in total. The molecule has 0 fully saturated rings. The van der Waals surface area contributed by atoms with Gasteiger partial charge in [0, 0.05) is 12.4 Å². The Morgan fingerprint density at radius 1 is 1.00 bits per heavy atom. The van der Waals surface area contributed by atoms with Gasteiger partial charge in [-0.3, -0.25) is 4.68 Å². The van der Waals surface area contributed by atoms with Crippen molar-refractivity contribution in [3.05, 3.63) is 72.6 Å². The van der Waals surface area contributed by atoms with E-state index in [1.54, 1.807) is 9.69 Å². The zero-order chi connectivity index (χ0) is 17.2. The Morgan fingerprint density at radius 3 is 2.33 bits per heavy atom. The molecule has 0 N–H and O–H groups in total. The second-order valence-electron chi connectivity index (χ2n) is 6.78. The lowest BCUT2D eigenvalue weighted by atomic mass is 10.1. The van der Waals surface area contributed by atoms with Gasteiger partial charge in [0.05, 0.1) is 6.54 Å². The molecule has 1 aromatic heterocycles. The van der Waals surface area contributed by atoms with Gasteiger partial charge >= 0.3 is 6.09 Å². The Labute approximate surface area is 142 Å². The van der Waals surface area contributed by atoms with E-state index >= 15 is 0 Å². The average molecular weight is 322 g/mol. The Balaban J connectivity index is 1.89. The third-order valence-electron chi connectivity index (χ3n) is 3.62. The number of nitrogens with zero attached hydrogens (tertiary/aromatic N) is 2. The monoisotopic (exact) mass is 322 g/mol. The molecule has 3 aromatic rings. The van der Waals surface area contributed by atoms with Gasteiger partial charge in [0.2, 0.25) is 0 Å². The number of fused-ring (bicyclic) bond motifs is 1. The molecule has 0 atom stereocenters. The number of hydrogen-bond acceptors (Lipinski definition) is 2. The summed E-state index contributed by atoms with van der Waals surface area (Å²) in [6.45, 7) is 6.05. The highest BCUT2D eigenvalue weighted by molar-refractivity contribution is 5.83. The maximum absolute atomic E-state index is 12.6. The van der Waals surface area contributed by atoms with Crippen molar-refractivity contribution in [1.29, 1.82) is 0 Å². The molecule has 2 aromatic carbocycles. The Hall–Kier alpha value is -2.75. The molecule has 0 aliphatic rings. The fourth-order valence-electron chi connectivity index (χ4n) is 2.55. The van der Waals surface area contributed by atoms with Gasteiger partial charge in [-0.2, -0.15) is 0 Å². The first-order valence-electron chi connectivity index (χ1n) is 8.04. The van der Waals surface area contributed by atoms with Crippen LogP contribution in [0.3, 0.4) is 0 Å². The summed E-state index contributed by atoms with van der Waals surface area (Å²) in [4.78, 5) is 12.6. The van der Waals surface area contributed by atoms with Gasteiger partial charge < -0.3 is 4.74 Å². The molecule has 1 amide bonds. The van der Waals surface area contributed by atoms with E-state index in [2.05, 4.69) is 24.3 Å². The molecule has 0 saturated carbocycles. The number of hydrogen-bond donors (Lipinski definition) is 0. The summed E-state index contributed by atoms with van der Waals surface area (Å²) in [5, 5.41) is 3.94. The van der Waals surface area contributed by atoms with Crippen molar-refractivity contribution in [2.24, 2.45) is 0 Å². The van der Waals surface area contributed by atoms with Crippen LogP contribution in [-0.2, 0) is 11.3 Å². The second kappa shape index (κ2) is 6.40. The maximum atomic E-state index is 12.6. The van der Waals surface area contributed by atoms with Gasteiger partial charge in [0.25, 0.3) is 0 Å². The molecule has 0 saturated heterocycles. The first-order chi connectivity index (χ1) is 11.4. The first kappa shape index (κ1) is 16.1. The highest BCUT2D eigenvalue weighted by Gasteiger charge is 2.23. The SMILES string of the molecule is CC(C)(C)OC(=O)N(Cc1ccc2ccccc2c1)n1cccc1. The van der Waals surface area contributed by atoms with Crippen molar-refractivity contribution in [3.63, 3.8) is 0 Å². The lowest BCUT2D eigenvalue weighted by Crippen LogP contribution is -2.42. The summed E-state index contributed by atoms with van der Waals surface area (Å²) in [5.41, 5.74) is 0.513. The summed E-state index contributed by atoms with van der Waals surface area (Å²) in [7, 11) is 0. The van der Waals surface area contributed by atoms with Crippen molar-refractivity contribution in [2.45, 2.75) is 32.9 Å². The number of amides is 1. The third kappa shape index (κ3) is 3.77. The molecule has 0 spiro atoms. The number of carbonyl (C=O) groups excluding carboxylic acids is 1. The van der Waals surface area contributed by atoms with E-state index in [0.29, 0.717) is 6.54 Å². The molecule has 1 heterocycles. The van der Waals surface area contributed by atoms with E-state index in [1.807, 2.05) is 63.5 Å². The maximum Gasteiger partial charge on any atom is 0.429 e. The van der Waals surface area contributed by atoms with Crippen LogP contribution in [0, 0.1) is 0 Å². The van der Waals surface area contributed by atoms with Gasteiger partial charge in [-0.05, 0) is 55.3 Å². The Bertz CT molecular complexity index is 832. The zero-order valence-corrected chi connectivity index (χ0v) is 14.3. The highest BCUT2D eigenvalue weighted by atomic mass is 16.6. The lowest BCUT2D eigenvalue weighted by Gasteiger charge is -2.28. The largest absolute Gasteiger partial charge is 0.442 e. The Kier molecular flexibility index (Phi) is 4.30. The molecule has 4 heteroatoms. The summed E-state index contributed by atoms with van der Waals surface area (Å²) in [6.07, 6.45) is 3.31. The fraction of sp³-hybridized carbons (Fsp3) is 0.250. The van der Waals surface area contributed by atoms with Crippen LogP contribution < -0.4 is 5.01 Å². The van der Waals surface area contributed by atoms with Gasteiger partial charge in [0.1, 0.15) is 5.60 Å². The van der Waals surface area contributed by atoms with E-state index in [1.165, 1.54) is 5.39 Å². The molecule has 24 heavy (non-hydrogen) atoms. The van der Waals surface area contributed by atoms with Crippen molar-refractivity contribution < 1.29 is 9.53 Å². The van der Waals surface area contributed by atoms with Crippen LogP contribution in [0.5, 0.6) is 0 Å². The van der Waals surface area contributed by atoms with Crippen LogP contribution in [0.4, 0.5) is 4.79 Å². The number of carbonyl (C=O) groups is 1. The highest BCUT2D eigenvalue weighted by Crippen LogP contribution is 2.18. The first-order valence-corrected chi connectivity index (χ1v) is 8.04. The van der Waals surface area contributed by atoms with E-state index in [0.717, 1.165) is 10.9 Å². The molecule has 124 valence electrons. The zero-order valence-electron chi connectivity index (χ0n) is 14.3. The predicted octanol–water partition coefficient (Wildman–Crippen LogP) is 4.71. The van der Waals surface area contributed by atoms with Crippen LogP contribution in [-0.4, -0.2) is 16.4 Å². The van der Waals surface area contributed by atoms with Gasteiger partial charge in [-0.25, -0.2) is 9.80 Å². The molecule has 0 aliphatic heterocycles. The molecule has 0 bridgehead atoms. The summed E-state index contributed by atoms with van der Waals surface area (Å²) >= 11 is 0. The molecule has 3 rings (SSSR count). The Morgan fingerprint density at radius 2 is 1.67 bits per heavy atom. The standard InChI is InChI=1S/C20H22N2O2/c1-20(2,3)24-19(23)22(21-12-6-7-13-21)15-16-10-11-17-8-4-5-9-18(17)14-16/h4-14H,15H2,1-3H3. The van der Waals surface area contributed by atoms with Gasteiger partial charge in [-0.1, -0.05) is 36.4 Å². The van der Waals surface area contributed by atoms with Gasteiger partial charge in [-0.15, -0.1) is 0 Å². The third-order valence-corrected chi connectivity index (χ3v) is 3.62. The lowest BCUT2D eigenvalue weighted by molar-refractivity contribution is 0.0534. The van der Waals surface area contributed by atoms with E-state index in [9.17, 15) is 4.79 Å². The van der Waals surface area contributed by atoms with Crippen LogP contribution in [0.15, 0.2) is 67.0 Å². The molecular weight excluding hydrogens is 300 g/mol. The minimum atomic E-state index is -0.536. The summed E-state index contributed by atoms with van der Waals surface area (Å²) < 4.78 is 7.30. The molecule has 0 radical (unpaired) electrons. The number of aromatic nitrogens is 1. The second-order valence-corrected chi connectivity index (χ2v) is 6.78. The van der Waals surface area contributed by atoms with Crippen LogP contribution >= 0.6 is 0 Å².